The average Bonchev–Trinajstić information content (AvgIpc) is 2.34. The fourth-order valence-corrected chi connectivity index (χ4v) is 2.06. The summed E-state index contributed by atoms with van der Waals surface area (Å²) in [6.07, 6.45) is 3.20. The van der Waals surface area contributed by atoms with Crippen molar-refractivity contribution >= 4 is 11.9 Å². The standard InChI is InChI=1S/C12H15N3O3/c16-11(17)7-10-12(18)14-5-6-15(10)8-9-1-3-13-4-2-9/h1-4,10H,5-8H2,(H,14,18)(H,16,17)/t10-/m1/s1. The van der Waals surface area contributed by atoms with Crippen molar-refractivity contribution in [3.8, 4) is 0 Å². The first-order valence-corrected chi connectivity index (χ1v) is 5.79. The van der Waals surface area contributed by atoms with Gasteiger partial charge in [0.1, 0.15) is 6.04 Å². The lowest BCUT2D eigenvalue weighted by atomic mass is 10.1. The Morgan fingerprint density at radius 3 is 2.89 bits per heavy atom. The molecular formula is C12H15N3O3. The van der Waals surface area contributed by atoms with Crippen LogP contribution >= 0.6 is 0 Å². The number of piperazine rings is 1. The molecule has 6 heteroatoms. The predicted octanol–water partition coefficient (Wildman–Crippen LogP) is -0.143. The lowest BCUT2D eigenvalue weighted by Crippen LogP contribution is -2.55. The highest BCUT2D eigenvalue weighted by molar-refractivity contribution is 5.86. The van der Waals surface area contributed by atoms with Gasteiger partial charge in [0.05, 0.1) is 6.42 Å². The minimum atomic E-state index is -0.961. The van der Waals surface area contributed by atoms with E-state index >= 15 is 0 Å². The molecule has 0 unspecified atom stereocenters. The molecule has 1 fully saturated rings. The lowest BCUT2D eigenvalue weighted by molar-refractivity contribution is -0.143. The van der Waals surface area contributed by atoms with Gasteiger partial charge in [-0.1, -0.05) is 0 Å². The van der Waals surface area contributed by atoms with Gasteiger partial charge >= 0.3 is 5.97 Å². The first-order chi connectivity index (χ1) is 8.66. The second-order valence-electron chi connectivity index (χ2n) is 4.23. The van der Waals surface area contributed by atoms with Crippen LogP contribution in [0.2, 0.25) is 0 Å². The number of hydrogen-bond acceptors (Lipinski definition) is 4. The summed E-state index contributed by atoms with van der Waals surface area (Å²) in [6, 6.07) is 3.14. The van der Waals surface area contributed by atoms with E-state index in [-0.39, 0.29) is 12.3 Å². The fraction of sp³-hybridized carbons (Fsp3) is 0.417. The minimum absolute atomic E-state index is 0.170. The van der Waals surface area contributed by atoms with Crippen LogP contribution in [0.4, 0.5) is 0 Å². The number of carbonyl (C=O) groups excluding carboxylic acids is 1. The van der Waals surface area contributed by atoms with Crippen molar-refractivity contribution in [2.24, 2.45) is 0 Å². The number of carboxylic acids is 1. The Morgan fingerprint density at radius 1 is 1.50 bits per heavy atom. The second-order valence-corrected chi connectivity index (χ2v) is 4.23. The van der Waals surface area contributed by atoms with Crippen LogP contribution in [0.3, 0.4) is 0 Å². The molecule has 2 N–H and O–H groups in total. The molecule has 0 aromatic carbocycles. The highest BCUT2D eigenvalue weighted by atomic mass is 16.4. The van der Waals surface area contributed by atoms with Gasteiger partial charge < -0.3 is 10.4 Å². The van der Waals surface area contributed by atoms with Gasteiger partial charge in [-0.15, -0.1) is 0 Å². The summed E-state index contributed by atoms with van der Waals surface area (Å²) in [4.78, 5) is 28.3. The van der Waals surface area contributed by atoms with Crippen molar-refractivity contribution in [1.82, 2.24) is 15.2 Å². The number of nitrogens with zero attached hydrogens (tertiary/aromatic N) is 2. The summed E-state index contributed by atoms with van der Waals surface area (Å²) in [7, 11) is 0. The van der Waals surface area contributed by atoms with Gasteiger partial charge in [0, 0.05) is 32.0 Å². The van der Waals surface area contributed by atoms with Gasteiger partial charge in [0.25, 0.3) is 0 Å². The molecule has 1 aromatic heterocycles. The molecule has 0 spiro atoms. The predicted molar refractivity (Wildman–Crippen MR) is 63.7 cm³/mol. The van der Waals surface area contributed by atoms with Gasteiger partial charge in [0.2, 0.25) is 5.91 Å². The molecule has 0 saturated carbocycles. The van der Waals surface area contributed by atoms with Gasteiger partial charge in [-0.3, -0.25) is 19.5 Å². The number of aliphatic carboxylic acids is 1. The Labute approximate surface area is 105 Å². The monoisotopic (exact) mass is 249 g/mol. The number of hydrogen-bond donors (Lipinski definition) is 2. The minimum Gasteiger partial charge on any atom is -0.481 e. The largest absolute Gasteiger partial charge is 0.481 e. The van der Waals surface area contributed by atoms with Gasteiger partial charge in [-0.05, 0) is 17.7 Å². The molecule has 0 radical (unpaired) electrons. The molecule has 96 valence electrons. The first-order valence-electron chi connectivity index (χ1n) is 5.79. The van der Waals surface area contributed by atoms with E-state index < -0.39 is 12.0 Å². The second kappa shape index (κ2) is 5.59. The molecule has 1 aliphatic heterocycles. The number of nitrogens with one attached hydrogen (secondary N) is 1. The fourth-order valence-electron chi connectivity index (χ4n) is 2.06. The van der Waals surface area contributed by atoms with Gasteiger partial charge in [-0.2, -0.15) is 0 Å². The number of carbonyl (C=O) groups is 2. The van der Waals surface area contributed by atoms with Crippen molar-refractivity contribution in [3.05, 3.63) is 30.1 Å². The van der Waals surface area contributed by atoms with Crippen LogP contribution in [0.25, 0.3) is 0 Å². The molecule has 2 heterocycles. The normalized spacial score (nSPS) is 20.4. The Balaban J connectivity index is 2.08. The van der Waals surface area contributed by atoms with Crippen LogP contribution in [-0.2, 0) is 16.1 Å². The highest BCUT2D eigenvalue weighted by Gasteiger charge is 2.31. The van der Waals surface area contributed by atoms with Gasteiger partial charge in [0.15, 0.2) is 0 Å². The summed E-state index contributed by atoms with van der Waals surface area (Å²) < 4.78 is 0. The van der Waals surface area contributed by atoms with E-state index in [1.165, 1.54) is 0 Å². The maximum Gasteiger partial charge on any atom is 0.305 e. The van der Waals surface area contributed by atoms with E-state index in [0.29, 0.717) is 19.6 Å². The SMILES string of the molecule is O=C(O)C[C@@H]1C(=O)NCCN1Cc1ccncc1. The Morgan fingerprint density at radius 2 is 2.22 bits per heavy atom. The molecule has 6 nitrogen and oxygen atoms in total. The van der Waals surface area contributed by atoms with Crippen molar-refractivity contribution < 1.29 is 14.7 Å². The lowest BCUT2D eigenvalue weighted by Gasteiger charge is -2.34. The number of amides is 1. The third-order valence-corrected chi connectivity index (χ3v) is 2.94. The average molecular weight is 249 g/mol. The Bertz CT molecular complexity index is 435. The number of aromatic nitrogens is 1. The van der Waals surface area contributed by atoms with Crippen LogP contribution in [0.15, 0.2) is 24.5 Å². The highest BCUT2D eigenvalue weighted by Crippen LogP contribution is 2.13. The molecule has 1 amide bonds. The first kappa shape index (κ1) is 12.5. The van der Waals surface area contributed by atoms with E-state index in [0.717, 1.165) is 5.56 Å². The topological polar surface area (TPSA) is 82.5 Å². The summed E-state index contributed by atoms with van der Waals surface area (Å²) in [5, 5.41) is 11.5. The molecule has 1 saturated heterocycles. The van der Waals surface area contributed by atoms with Crippen LogP contribution < -0.4 is 5.32 Å². The maximum atomic E-state index is 11.7. The van der Waals surface area contributed by atoms with Gasteiger partial charge in [-0.25, -0.2) is 0 Å². The summed E-state index contributed by atoms with van der Waals surface area (Å²) >= 11 is 0. The number of carboxylic acid groups (broad SMARTS) is 1. The Hall–Kier alpha value is -1.95. The maximum absolute atomic E-state index is 11.7. The van der Waals surface area contributed by atoms with Crippen molar-refractivity contribution in [2.75, 3.05) is 13.1 Å². The molecule has 0 aliphatic carbocycles. The van der Waals surface area contributed by atoms with E-state index in [1.54, 1.807) is 12.4 Å². The zero-order chi connectivity index (χ0) is 13.0. The van der Waals surface area contributed by atoms with Crippen LogP contribution in [-0.4, -0.2) is 46.0 Å². The molecule has 1 aromatic rings. The summed E-state index contributed by atoms with van der Waals surface area (Å²) in [5.41, 5.74) is 1.02. The van der Waals surface area contributed by atoms with E-state index in [9.17, 15) is 9.59 Å². The van der Waals surface area contributed by atoms with Crippen molar-refractivity contribution in [1.29, 1.82) is 0 Å². The third kappa shape index (κ3) is 3.04. The Kier molecular flexibility index (Phi) is 3.88. The molecular weight excluding hydrogens is 234 g/mol. The number of pyridine rings is 1. The zero-order valence-corrected chi connectivity index (χ0v) is 9.87. The molecule has 18 heavy (non-hydrogen) atoms. The smallest absolute Gasteiger partial charge is 0.305 e. The zero-order valence-electron chi connectivity index (χ0n) is 9.87. The summed E-state index contributed by atoms with van der Waals surface area (Å²) in [5.74, 6) is -1.17. The van der Waals surface area contributed by atoms with E-state index in [4.69, 9.17) is 5.11 Å². The van der Waals surface area contributed by atoms with Crippen molar-refractivity contribution in [3.63, 3.8) is 0 Å². The molecule has 2 rings (SSSR count). The van der Waals surface area contributed by atoms with Crippen LogP contribution in [0.1, 0.15) is 12.0 Å². The van der Waals surface area contributed by atoms with Crippen LogP contribution in [0.5, 0.6) is 0 Å². The molecule has 0 bridgehead atoms. The quantitative estimate of drug-likeness (QED) is 0.776. The van der Waals surface area contributed by atoms with Crippen LogP contribution in [0, 0.1) is 0 Å². The van der Waals surface area contributed by atoms with E-state index in [2.05, 4.69) is 10.3 Å². The van der Waals surface area contributed by atoms with E-state index in [1.807, 2.05) is 17.0 Å². The number of rotatable bonds is 4. The molecule has 1 aliphatic rings. The molecule has 1 atom stereocenters. The summed E-state index contributed by atoms with van der Waals surface area (Å²) in [6.45, 7) is 1.78. The van der Waals surface area contributed by atoms with Crippen molar-refractivity contribution in [2.45, 2.75) is 19.0 Å². The third-order valence-electron chi connectivity index (χ3n) is 2.94.